The van der Waals surface area contributed by atoms with Gasteiger partial charge in [-0.05, 0) is 44.6 Å². The van der Waals surface area contributed by atoms with Crippen LogP contribution >= 0.6 is 0 Å². The second-order valence-electron chi connectivity index (χ2n) is 5.75. The average molecular weight is 303 g/mol. The number of ether oxygens (including phenoxy) is 1. The summed E-state index contributed by atoms with van der Waals surface area (Å²) in [5.74, 6) is 1.63. The zero-order valence-corrected chi connectivity index (χ0v) is 13.8. The van der Waals surface area contributed by atoms with Gasteiger partial charge < -0.3 is 15.4 Å². The van der Waals surface area contributed by atoms with E-state index in [4.69, 9.17) is 4.74 Å². The van der Waals surface area contributed by atoms with Crippen molar-refractivity contribution in [2.24, 2.45) is 10.9 Å². The molecule has 1 heterocycles. The molecule has 2 rings (SSSR count). The van der Waals surface area contributed by atoms with Crippen molar-refractivity contribution in [1.82, 2.24) is 10.6 Å². The largest absolute Gasteiger partial charge is 0.381 e. The van der Waals surface area contributed by atoms with Crippen molar-refractivity contribution >= 4 is 5.96 Å². The van der Waals surface area contributed by atoms with Crippen molar-refractivity contribution in [2.75, 3.05) is 26.3 Å². The normalized spacial score (nSPS) is 18.0. The fraction of sp³-hybridized carbons (Fsp3) is 0.611. The first-order valence-corrected chi connectivity index (χ1v) is 8.51. The third-order valence-electron chi connectivity index (χ3n) is 4.08. The van der Waals surface area contributed by atoms with Gasteiger partial charge in [0.15, 0.2) is 5.96 Å². The smallest absolute Gasteiger partial charge is 0.191 e. The lowest BCUT2D eigenvalue weighted by Crippen LogP contribution is -2.40. The predicted octanol–water partition coefficient (Wildman–Crippen LogP) is 3.12. The highest BCUT2D eigenvalue weighted by molar-refractivity contribution is 5.80. The first-order chi connectivity index (χ1) is 10.8. The van der Waals surface area contributed by atoms with Crippen LogP contribution < -0.4 is 10.6 Å². The Kier molecular flexibility index (Phi) is 7.23. The highest BCUT2D eigenvalue weighted by Crippen LogP contribution is 2.27. The number of nitrogens with one attached hydrogen (secondary N) is 2. The van der Waals surface area contributed by atoms with Crippen molar-refractivity contribution < 1.29 is 4.74 Å². The Morgan fingerprint density at radius 1 is 1.23 bits per heavy atom. The maximum atomic E-state index is 5.49. The van der Waals surface area contributed by atoms with Crippen LogP contribution in [-0.2, 0) is 4.74 Å². The molecule has 1 aromatic carbocycles. The number of nitrogens with zero attached hydrogens (tertiary/aromatic N) is 1. The van der Waals surface area contributed by atoms with E-state index in [1.807, 2.05) is 0 Å². The summed E-state index contributed by atoms with van der Waals surface area (Å²) in [6, 6.07) is 11.0. The van der Waals surface area contributed by atoms with Gasteiger partial charge >= 0.3 is 0 Å². The van der Waals surface area contributed by atoms with Gasteiger partial charge in [0, 0.05) is 26.3 Å². The predicted molar refractivity (Wildman–Crippen MR) is 92.1 cm³/mol. The molecule has 1 saturated heterocycles. The van der Waals surface area contributed by atoms with Gasteiger partial charge in [-0.25, -0.2) is 0 Å². The van der Waals surface area contributed by atoms with E-state index in [1.54, 1.807) is 0 Å². The van der Waals surface area contributed by atoms with E-state index in [0.717, 1.165) is 57.4 Å². The molecule has 0 amide bonds. The topological polar surface area (TPSA) is 45.7 Å². The van der Waals surface area contributed by atoms with Crippen LogP contribution in [0.2, 0.25) is 0 Å². The van der Waals surface area contributed by atoms with Crippen LogP contribution in [0.5, 0.6) is 0 Å². The molecule has 0 unspecified atom stereocenters. The van der Waals surface area contributed by atoms with Gasteiger partial charge in [0.05, 0.1) is 6.04 Å². The van der Waals surface area contributed by atoms with Gasteiger partial charge in [0.2, 0.25) is 0 Å². The summed E-state index contributed by atoms with van der Waals surface area (Å²) in [6.07, 6.45) is 3.44. The molecule has 0 saturated carbocycles. The van der Waals surface area contributed by atoms with E-state index in [0.29, 0.717) is 6.04 Å². The minimum atomic E-state index is 0.300. The van der Waals surface area contributed by atoms with Gasteiger partial charge in [-0.1, -0.05) is 30.3 Å². The molecular formula is C18H29N3O. The number of rotatable bonds is 6. The zero-order valence-electron chi connectivity index (χ0n) is 13.8. The SMILES string of the molecule is CCN=C(NCC)N[C@@H](CC1CCOCC1)c1ccccc1. The molecular weight excluding hydrogens is 274 g/mol. The van der Waals surface area contributed by atoms with Crippen molar-refractivity contribution in [3.05, 3.63) is 35.9 Å². The van der Waals surface area contributed by atoms with Crippen molar-refractivity contribution in [3.63, 3.8) is 0 Å². The van der Waals surface area contributed by atoms with Gasteiger partial charge in [0.1, 0.15) is 0 Å². The fourth-order valence-corrected chi connectivity index (χ4v) is 2.92. The summed E-state index contributed by atoms with van der Waals surface area (Å²) >= 11 is 0. The molecule has 22 heavy (non-hydrogen) atoms. The molecule has 0 aliphatic carbocycles. The third-order valence-corrected chi connectivity index (χ3v) is 4.08. The number of aliphatic imine (C=N–C) groups is 1. The second kappa shape index (κ2) is 9.46. The maximum absolute atomic E-state index is 5.49. The van der Waals surface area contributed by atoms with Gasteiger partial charge in [-0.15, -0.1) is 0 Å². The lowest BCUT2D eigenvalue weighted by atomic mass is 9.89. The number of guanidine groups is 1. The van der Waals surface area contributed by atoms with Crippen molar-refractivity contribution in [2.45, 2.75) is 39.2 Å². The van der Waals surface area contributed by atoms with Gasteiger partial charge in [-0.3, -0.25) is 4.99 Å². The molecule has 1 atom stereocenters. The lowest BCUT2D eigenvalue weighted by Gasteiger charge is -2.28. The monoisotopic (exact) mass is 303 g/mol. The molecule has 0 aromatic heterocycles. The average Bonchev–Trinajstić information content (AvgIpc) is 2.56. The van der Waals surface area contributed by atoms with E-state index in [1.165, 1.54) is 5.56 Å². The first kappa shape index (κ1) is 16.8. The maximum Gasteiger partial charge on any atom is 0.191 e. The van der Waals surface area contributed by atoms with Crippen LogP contribution in [0.25, 0.3) is 0 Å². The molecule has 1 aliphatic heterocycles. The van der Waals surface area contributed by atoms with E-state index in [9.17, 15) is 0 Å². The van der Waals surface area contributed by atoms with Crippen LogP contribution in [0.4, 0.5) is 0 Å². The highest BCUT2D eigenvalue weighted by Gasteiger charge is 2.21. The molecule has 2 N–H and O–H groups in total. The fourth-order valence-electron chi connectivity index (χ4n) is 2.92. The van der Waals surface area contributed by atoms with E-state index >= 15 is 0 Å². The van der Waals surface area contributed by atoms with Crippen molar-refractivity contribution in [1.29, 1.82) is 0 Å². The molecule has 122 valence electrons. The summed E-state index contributed by atoms with van der Waals surface area (Å²) in [4.78, 5) is 4.54. The first-order valence-electron chi connectivity index (χ1n) is 8.51. The van der Waals surface area contributed by atoms with E-state index in [2.05, 4.69) is 59.8 Å². The molecule has 4 heteroatoms. The van der Waals surface area contributed by atoms with E-state index < -0.39 is 0 Å². The molecule has 4 nitrogen and oxygen atoms in total. The Morgan fingerprint density at radius 2 is 1.95 bits per heavy atom. The Balaban J connectivity index is 2.08. The van der Waals surface area contributed by atoms with Gasteiger partial charge in [-0.2, -0.15) is 0 Å². The molecule has 0 bridgehead atoms. The Morgan fingerprint density at radius 3 is 2.59 bits per heavy atom. The van der Waals surface area contributed by atoms with Crippen LogP contribution in [-0.4, -0.2) is 32.3 Å². The Labute approximate surface area is 134 Å². The van der Waals surface area contributed by atoms with Crippen molar-refractivity contribution in [3.8, 4) is 0 Å². The zero-order chi connectivity index (χ0) is 15.6. The third kappa shape index (κ3) is 5.34. The number of benzene rings is 1. The molecule has 1 aliphatic rings. The van der Waals surface area contributed by atoms with Crippen LogP contribution in [0, 0.1) is 5.92 Å². The molecule has 0 radical (unpaired) electrons. The summed E-state index contributed by atoms with van der Waals surface area (Å²) in [7, 11) is 0. The standard InChI is InChI=1S/C18H29N3O/c1-3-19-18(20-4-2)21-17(16-8-6-5-7-9-16)14-15-10-12-22-13-11-15/h5-9,15,17H,3-4,10-14H2,1-2H3,(H2,19,20,21)/t17-/m0/s1. The summed E-state index contributed by atoms with van der Waals surface area (Å²) in [5, 5.41) is 6.95. The minimum absolute atomic E-state index is 0.300. The molecule has 0 spiro atoms. The number of hydrogen-bond donors (Lipinski definition) is 2. The number of hydrogen-bond acceptors (Lipinski definition) is 2. The second-order valence-corrected chi connectivity index (χ2v) is 5.75. The Bertz CT molecular complexity index is 441. The summed E-state index contributed by atoms with van der Waals surface area (Å²) in [6.45, 7) is 7.63. The quantitative estimate of drug-likeness (QED) is 0.627. The molecule has 1 aromatic rings. The summed E-state index contributed by atoms with van der Waals surface area (Å²) < 4.78 is 5.49. The lowest BCUT2D eigenvalue weighted by molar-refractivity contribution is 0.0611. The Hall–Kier alpha value is -1.55. The minimum Gasteiger partial charge on any atom is -0.381 e. The van der Waals surface area contributed by atoms with Crippen LogP contribution in [0.1, 0.15) is 44.7 Å². The van der Waals surface area contributed by atoms with Crippen LogP contribution in [0.3, 0.4) is 0 Å². The van der Waals surface area contributed by atoms with E-state index in [-0.39, 0.29) is 0 Å². The van der Waals surface area contributed by atoms with Crippen LogP contribution in [0.15, 0.2) is 35.3 Å². The highest BCUT2D eigenvalue weighted by atomic mass is 16.5. The van der Waals surface area contributed by atoms with Gasteiger partial charge in [0.25, 0.3) is 0 Å². The summed E-state index contributed by atoms with van der Waals surface area (Å²) in [5.41, 5.74) is 1.33. The molecule has 1 fully saturated rings.